The molecule has 0 atom stereocenters. The molecule has 2 heterocycles. The largest absolute Gasteiger partial charge is 0.490 e. The Bertz CT molecular complexity index is 1830. The zero-order valence-corrected chi connectivity index (χ0v) is 24.4. The number of sulfonamides is 1. The van der Waals surface area contributed by atoms with Crippen LogP contribution in [0.25, 0.3) is 11.8 Å². The molecule has 0 fully saturated rings. The van der Waals surface area contributed by atoms with Crippen molar-refractivity contribution < 1.29 is 27.4 Å². The zero-order chi connectivity index (χ0) is 29.0. The van der Waals surface area contributed by atoms with E-state index < -0.39 is 16.0 Å². The molecule has 210 valence electrons. The summed E-state index contributed by atoms with van der Waals surface area (Å²) >= 11 is 7.76. The van der Waals surface area contributed by atoms with Gasteiger partial charge in [-0.05, 0) is 62.4 Å². The summed E-state index contributed by atoms with van der Waals surface area (Å²) in [5.41, 5.74) is 1.11. The average Bonchev–Trinajstić information content (AvgIpc) is 3.49. The first kappa shape index (κ1) is 28.3. The lowest BCUT2D eigenvalue weighted by molar-refractivity contribution is -0.129. The maximum Gasteiger partial charge on any atom is 0.363 e. The minimum atomic E-state index is -4.05. The SMILES string of the molecule is CCOc1ccc(C2=N/C(=C/c3s/c(=N\S(=O)(=O)c4ccccc4)n(-c4ccccc4)c3Cl)C(=O)O2)cc1OCC. The van der Waals surface area contributed by atoms with Gasteiger partial charge in [-0.15, -0.1) is 4.40 Å². The number of rotatable bonds is 9. The standard InChI is InChI=1S/C29H24ClN3O6S2/c1-3-37-23-16-15-19(17-24(23)38-4-2)27-31-22(28(34)39-27)18-25-26(30)33(20-11-7-5-8-12-20)29(40-25)32-41(35,36)21-13-9-6-10-14-21/h5-18H,3-4H2,1-2H3/b22-18+,32-29-. The normalized spacial score (nSPS) is 14.7. The van der Waals surface area contributed by atoms with Crippen molar-refractivity contribution in [1.29, 1.82) is 0 Å². The van der Waals surface area contributed by atoms with Crippen molar-refractivity contribution in [3.8, 4) is 17.2 Å². The van der Waals surface area contributed by atoms with Crippen LogP contribution in [0.2, 0.25) is 5.15 Å². The minimum absolute atomic E-state index is 0.00678. The van der Waals surface area contributed by atoms with Crippen LogP contribution in [0.1, 0.15) is 24.3 Å². The second kappa shape index (κ2) is 12.1. The van der Waals surface area contributed by atoms with Gasteiger partial charge in [-0.2, -0.15) is 8.42 Å². The lowest BCUT2D eigenvalue weighted by Crippen LogP contribution is -2.15. The Hall–Kier alpha value is -4.19. The molecule has 0 spiro atoms. The van der Waals surface area contributed by atoms with Gasteiger partial charge >= 0.3 is 5.97 Å². The van der Waals surface area contributed by atoms with Gasteiger partial charge in [0.25, 0.3) is 10.0 Å². The van der Waals surface area contributed by atoms with Gasteiger partial charge < -0.3 is 14.2 Å². The summed E-state index contributed by atoms with van der Waals surface area (Å²) in [5.74, 6) is 0.471. The highest BCUT2D eigenvalue weighted by Gasteiger charge is 2.27. The zero-order valence-electron chi connectivity index (χ0n) is 22.0. The van der Waals surface area contributed by atoms with E-state index in [0.717, 1.165) is 11.3 Å². The Kier molecular flexibility index (Phi) is 8.39. The highest BCUT2D eigenvalue weighted by Crippen LogP contribution is 2.31. The number of ether oxygens (including phenoxy) is 3. The van der Waals surface area contributed by atoms with E-state index in [0.29, 0.717) is 40.8 Å². The number of nitrogens with zero attached hydrogens (tertiary/aromatic N) is 3. The average molecular weight is 610 g/mol. The van der Waals surface area contributed by atoms with Crippen LogP contribution in [0, 0.1) is 0 Å². The van der Waals surface area contributed by atoms with Gasteiger partial charge in [0.05, 0.1) is 23.0 Å². The summed E-state index contributed by atoms with van der Waals surface area (Å²) in [6, 6.07) is 22.0. The number of aromatic nitrogens is 1. The van der Waals surface area contributed by atoms with E-state index in [2.05, 4.69) is 9.39 Å². The van der Waals surface area contributed by atoms with Crippen molar-refractivity contribution in [2.24, 2.45) is 9.39 Å². The summed E-state index contributed by atoms with van der Waals surface area (Å²) in [6.07, 6.45) is 1.45. The molecule has 0 amide bonds. The van der Waals surface area contributed by atoms with E-state index in [1.165, 1.54) is 22.8 Å². The number of halogens is 1. The molecule has 0 N–H and O–H groups in total. The molecular formula is C29H24ClN3O6S2. The van der Waals surface area contributed by atoms with Crippen LogP contribution in [-0.4, -0.2) is 38.1 Å². The van der Waals surface area contributed by atoms with E-state index >= 15 is 0 Å². The van der Waals surface area contributed by atoms with Gasteiger partial charge in [0, 0.05) is 11.3 Å². The van der Waals surface area contributed by atoms with Crippen LogP contribution in [0.3, 0.4) is 0 Å². The third-order valence-electron chi connectivity index (χ3n) is 5.72. The third-order valence-corrected chi connectivity index (χ3v) is 8.59. The molecule has 4 aromatic rings. The fraction of sp³-hybridized carbons (Fsp3) is 0.138. The number of cyclic esters (lactones) is 1. The molecule has 0 bridgehead atoms. The number of thiazole rings is 1. The minimum Gasteiger partial charge on any atom is -0.490 e. The van der Waals surface area contributed by atoms with Crippen LogP contribution in [0.4, 0.5) is 0 Å². The Morgan fingerprint density at radius 3 is 2.32 bits per heavy atom. The molecular weight excluding hydrogens is 586 g/mol. The Morgan fingerprint density at radius 2 is 1.63 bits per heavy atom. The van der Waals surface area contributed by atoms with E-state index in [-0.39, 0.29) is 26.4 Å². The van der Waals surface area contributed by atoms with E-state index in [4.69, 9.17) is 25.8 Å². The van der Waals surface area contributed by atoms with Crippen molar-refractivity contribution in [1.82, 2.24) is 4.57 Å². The molecule has 9 nitrogen and oxygen atoms in total. The van der Waals surface area contributed by atoms with Crippen molar-refractivity contribution in [3.63, 3.8) is 0 Å². The number of hydrogen-bond donors (Lipinski definition) is 0. The van der Waals surface area contributed by atoms with E-state index in [9.17, 15) is 13.2 Å². The number of benzene rings is 3. The third kappa shape index (κ3) is 6.12. The summed E-state index contributed by atoms with van der Waals surface area (Å²) in [5, 5.41) is 0.159. The topological polar surface area (TPSA) is 109 Å². The summed E-state index contributed by atoms with van der Waals surface area (Å²) in [6.45, 7) is 4.62. The maximum absolute atomic E-state index is 13.1. The van der Waals surface area contributed by atoms with Crippen molar-refractivity contribution in [3.05, 3.63) is 105 Å². The number of carbonyl (C=O) groups is 1. The van der Waals surface area contributed by atoms with Crippen molar-refractivity contribution in [2.75, 3.05) is 13.2 Å². The summed E-state index contributed by atoms with van der Waals surface area (Å²) < 4.78 is 48.5. The predicted octanol–water partition coefficient (Wildman–Crippen LogP) is 5.62. The van der Waals surface area contributed by atoms with Gasteiger partial charge in [0.2, 0.25) is 10.7 Å². The highest BCUT2D eigenvalue weighted by molar-refractivity contribution is 7.90. The highest BCUT2D eigenvalue weighted by atomic mass is 35.5. The molecule has 0 unspecified atom stereocenters. The van der Waals surface area contributed by atoms with Gasteiger partial charge in [-0.3, -0.25) is 4.57 Å². The first-order chi connectivity index (χ1) is 19.8. The second-order valence-corrected chi connectivity index (χ2v) is 11.4. The molecule has 5 rings (SSSR count). The lowest BCUT2D eigenvalue weighted by Gasteiger charge is -2.11. The van der Waals surface area contributed by atoms with Crippen LogP contribution in [-0.2, 0) is 19.6 Å². The van der Waals surface area contributed by atoms with Gasteiger partial charge in [0.1, 0.15) is 5.15 Å². The van der Waals surface area contributed by atoms with Crippen LogP contribution in [0.5, 0.6) is 11.5 Å². The fourth-order valence-corrected chi connectivity index (χ4v) is 6.48. The molecule has 1 aliphatic rings. The molecule has 3 aromatic carbocycles. The Balaban J connectivity index is 1.59. The first-order valence-corrected chi connectivity index (χ1v) is 15.2. The first-order valence-electron chi connectivity index (χ1n) is 12.6. The Morgan fingerprint density at radius 1 is 0.976 bits per heavy atom. The maximum atomic E-state index is 13.1. The van der Waals surface area contributed by atoms with Crippen molar-refractivity contribution in [2.45, 2.75) is 18.7 Å². The summed E-state index contributed by atoms with van der Waals surface area (Å²) in [7, 11) is -4.05. The van der Waals surface area contributed by atoms with Crippen LogP contribution >= 0.6 is 22.9 Å². The molecule has 1 aromatic heterocycles. The number of aliphatic imine (C=N–C) groups is 1. The number of hydrogen-bond acceptors (Lipinski definition) is 8. The van der Waals surface area contributed by atoms with Crippen LogP contribution in [0.15, 0.2) is 98.8 Å². The molecule has 1 aliphatic heterocycles. The number of carbonyl (C=O) groups excluding carboxylic acids is 1. The van der Waals surface area contributed by atoms with Gasteiger partial charge in [-0.25, -0.2) is 9.79 Å². The smallest absolute Gasteiger partial charge is 0.363 e. The molecule has 12 heteroatoms. The molecule has 41 heavy (non-hydrogen) atoms. The monoisotopic (exact) mass is 609 g/mol. The lowest BCUT2D eigenvalue weighted by atomic mass is 10.2. The van der Waals surface area contributed by atoms with Gasteiger partial charge in [0.15, 0.2) is 17.2 Å². The van der Waals surface area contributed by atoms with Crippen molar-refractivity contribution >= 4 is 50.9 Å². The fourth-order valence-electron chi connectivity index (χ4n) is 3.92. The number of para-hydroxylation sites is 1. The Labute approximate surface area is 245 Å². The number of esters is 1. The van der Waals surface area contributed by atoms with E-state index in [1.807, 2.05) is 19.9 Å². The molecule has 0 radical (unpaired) electrons. The molecule has 0 saturated heterocycles. The van der Waals surface area contributed by atoms with Gasteiger partial charge in [-0.1, -0.05) is 59.3 Å². The quantitative estimate of drug-likeness (QED) is 0.180. The summed E-state index contributed by atoms with van der Waals surface area (Å²) in [4.78, 5) is 17.7. The van der Waals surface area contributed by atoms with Crippen LogP contribution < -0.4 is 14.3 Å². The molecule has 0 saturated carbocycles. The second-order valence-electron chi connectivity index (χ2n) is 8.45. The molecule has 0 aliphatic carbocycles. The predicted molar refractivity (Wildman–Crippen MR) is 157 cm³/mol. The van der Waals surface area contributed by atoms with E-state index in [1.54, 1.807) is 60.7 Å².